The molecule has 0 saturated carbocycles. The average Bonchev–Trinajstić information content (AvgIpc) is 2.84. The summed E-state index contributed by atoms with van der Waals surface area (Å²) in [5, 5.41) is 2.92. The lowest BCUT2D eigenvalue weighted by Crippen LogP contribution is -2.62. The first-order valence-corrected chi connectivity index (χ1v) is 14.8. The monoisotopic (exact) mass is 563 g/mol. The minimum Gasteiger partial charge on any atom is -0.460 e. The van der Waals surface area contributed by atoms with Crippen LogP contribution in [0.15, 0.2) is 64.4 Å². The Kier molecular flexibility index (Phi) is 10.0. The highest BCUT2D eigenvalue weighted by Gasteiger charge is 2.50. The van der Waals surface area contributed by atoms with Gasteiger partial charge in [0.15, 0.2) is 0 Å². The maximum atomic E-state index is 12.8. The molecule has 2 aromatic rings. The number of hydrogen-bond donors (Lipinski definition) is 1. The summed E-state index contributed by atoms with van der Waals surface area (Å²) in [6.45, 7) is 10.3. The van der Waals surface area contributed by atoms with Gasteiger partial charge in [-0.2, -0.15) is 8.42 Å². The van der Waals surface area contributed by atoms with E-state index in [2.05, 4.69) is 5.32 Å². The molecule has 1 saturated heterocycles. The molecule has 0 spiro atoms. The second-order valence-electron chi connectivity index (χ2n) is 10.1. The molecule has 0 aliphatic carbocycles. The second kappa shape index (κ2) is 12.6. The van der Waals surface area contributed by atoms with Crippen molar-refractivity contribution in [1.82, 2.24) is 5.32 Å². The molecular formula is C28H37NO7S2. The Morgan fingerprint density at radius 2 is 1.74 bits per heavy atom. The predicted molar refractivity (Wildman–Crippen MR) is 146 cm³/mol. The van der Waals surface area contributed by atoms with Crippen LogP contribution in [-0.2, 0) is 33.4 Å². The van der Waals surface area contributed by atoms with Crippen LogP contribution in [0.25, 0.3) is 0 Å². The van der Waals surface area contributed by atoms with Crippen LogP contribution in [0.1, 0.15) is 46.6 Å². The third-order valence-corrected chi connectivity index (χ3v) is 9.19. The first kappa shape index (κ1) is 30.1. The molecule has 0 radical (unpaired) electrons. The normalized spacial score (nSPS) is 25.3. The van der Waals surface area contributed by atoms with Gasteiger partial charge in [-0.05, 0) is 49.9 Å². The Bertz CT molecular complexity index is 1200. The van der Waals surface area contributed by atoms with Gasteiger partial charge in [0, 0.05) is 25.2 Å². The van der Waals surface area contributed by atoms with Gasteiger partial charge >= 0.3 is 5.97 Å². The summed E-state index contributed by atoms with van der Waals surface area (Å²) in [4.78, 5) is 24.5. The molecule has 1 heterocycles. The second-order valence-corrected chi connectivity index (χ2v) is 13.3. The highest BCUT2D eigenvalue weighted by molar-refractivity contribution is 8.00. The fraction of sp³-hybridized carbons (Fsp3) is 0.500. The molecule has 8 nitrogen and oxygen atoms in total. The Balaban J connectivity index is 1.84. The van der Waals surface area contributed by atoms with Crippen molar-refractivity contribution >= 4 is 33.8 Å². The van der Waals surface area contributed by atoms with E-state index < -0.39 is 39.3 Å². The van der Waals surface area contributed by atoms with E-state index in [4.69, 9.17) is 13.7 Å². The van der Waals surface area contributed by atoms with Crippen LogP contribution in [-0.4, -0.2) is 50.1 Å². The van der Waals surface area contributed by atoms with Gasteiger partial charge in [0.25, 0.3) is 10.1 Å². The summed E-state index contributed by atoms with van der Waals surface area (Å²) >= 11 is 1.51. The van der Waals surface area contributed by atoms with E-state index in [1.54, 1.807) is 12.1 Å². The first-order valence-electron chi connectivity index (χ1n) is 12.6. The van der Waals surface area contributed by atoms with Crippen LogP contribution >= 0.6 is 11.8 Å². The molecule has 0 aromatic heterocycles. The van der Waals surface area contributed by atoms with Crippen molar-refractivity contribution in [2.45, 2.75) is 80.9 Å². The van der Waals surface area contributed by atoms with E-state index in [1.807, 2.05) is 58.0 Å². The van der Waals surface area contributed by atoms with Crippen LogP contribution in [0.5, 0.6) is 0 Å². The van der Waals surface area contributed by atoms with Crippen LogP contribution in [0.4, 0.5) is 0 Å². The van der Waals surface area contributed by atoms with Crippen LogP contribution in [0.3, 0.4) is 0 Å². The average molecular weight is 564 g/mol. The molecule has 1 N–H and O–H groups in total. The van der Waals surface area contributed by atoms with Gasteiger partial charge in [-0.15, -0.1) is 0 Å². The van der Waals surface area contributed by atoms with Crippen molar-refractivity contribution in [2.24, 2.45) is 11.8 Å². The number of thioether (sulfide) groups is 1. The molecule has 1 fully saturated rings. The molecule has 1 aliphatic rings. The van der Waals surface area contributed by atoms with E-state index in [0.717, 1.165) is 10.5 Å². The number of nitrogens with one attached hydrogen (secondary N) is 1. The third kappa shape index (κ3) is 8.05. The van der Waals surface area contributed by atoms with Gasteiger partial charge in [-0.1, -0.05) is 61.5 Å². The number of carbonyl (C=O) groups excluding carboxylic acids is 2. The smallest absolute Gasteiger partial charge is 0.302 e. The van der Waals surface area contributed by atoms with Gasteiger partial charge in [-0.25, -0.2) is 0 Å². The number of carbonyl (C=O) groups is 2. The summed E-state index contributed by atoms with van der Waals surface area (Å²) in [6.07, 6.45) is -0.866. The highest BCUT2D eigenvalue weighted by atomic mass is 32.2. The first-order chi connectivity index (χ1) is 17.8. The Hall–Kier alpha value is -2.40. The largest absolute Gasteiger partial charge is 0.460 e. The van der Waals surface area contributed by atoms with Gasteiger partial charge < -0.3 is 14.8 Å². The third-order valence-electron chi connectivity index (χ3n) is 6.69. The van der Waals surface area contributed by atoms with Gasteiger partial charge in [0.2, 0.25) is 5.91 Å². The predicted octanol–water partition coefficient (Wildman–Crippen LogP) is 4.71. The van der Waals surface area contributed by atoms with E-state index in [9.17, 15) is 18.0 Å². The van der Waals surface area contributed by atoms with E-state index in [1.165, 1.54) is 37.7 Å². The molecule has 1 amide bonds. The molecule has 2 aromatic carbocycles. The zero-order valence-corrected chi connectivity index (χ0v) is 24.3. The van der Waals surface area contributed by atoms with Crippen LogP contribution in [0, 0.1) is 18.8 Å². The van der Waals surface area contributed by atoms with Crippen LogP contribution < -0.4 is 5.32 Å². The number of aryl methyl sites for hydroxylation is 1. The lowest BCUT2D eigenvalue weighted by molar-refractivity contribution is -0.180. The van der Waals surface area contributed by atoms with E-state index in [-0.39, 0.29) is 29.2 Å². The number of rotatable bonds is 10. The number of amides is 1. The maximum Gasteiger partial charge on any atom is 0.302 e. The Morgan fingerprint density at radius 3 is 2.32 bits per heavy atom. The quantitative estimate of drug-likeness (QED) is 0.327. The SMILES string of the molecule is CC(=O)N[C@H]1C([C@H](C)[C@H](C)COS(=O)(=O)c2ccc(C)cc2)O[C@@](C)(Sc2ccccc2)C[C@H]1OC(C)=O. The molecule has 10 heteroatoms. The number of benzene rings is 2. The molecular weight excluding hydrogens is 526 g/mol. The maximum absolute atomic E-state index is 12.8. The van der Waals surface area contributed by atoms with Crippen LogP contribution in [0.2, 0.25) is 0 Å². The molecule has 208 valence electrons. The van der Waals surface area contributed by atoms with Crippen molar-refractivity contribution in [3.63, 3.8) is 0 Å². The van der Waals surface area contributed by atoms with Crippen molar-refractivity contribution in [2.75, 3.05) is 6.61 Å². The standard InChI is InChI=1S/C28H37NO7S2/c1-18-12-14-24(15-13-18)38(32,33)34-17-19(2)20(3)27-26(29-21(4)30)25(35-22(5)31)16-28(6,36-27)37-23-10-8-7-9-11-23/h7-15,19-20,25-27H,16-17H2,1-6H3,(H,29,30)/t19-,20-,25-,26-,27?,28+/m1/s1. The van der Waals surface area contributed by atoms with Gasteiger partial charge in [-0.3, -0.25) is 13.8 Å². The van der Waals surface area contributed by atoms with Crippen molar-refractivity contribution < 1.29 is 31.7 Å². The molecule has 38 heavy (non-hydrogen) atoms. The topological polar surface area (TPSA) is 108 Å². The van der Waals surface area contributed by atoms with E-state index >= 15 is 0 Å². The number of ether oxygens (including phenoxy) is 2. The fourth-order valence-corrected chi connectivity index (χ4v) is 6.73. The minimum absolute atomic E-state index is 0.0786. The summed E-state index contributed by atoms with van der Waals surface area (Å²) < 4.78 is 43.3. The lowest BCUT2D eigenvalue weighted by Gasteiger charge is -2.49. The zero-order chi connectivity index (χ0) is 28.1. The zero-order valence-electron chi connectivity index (χ0n) is 22.7. The van der Waals surface area contributed by atoms with E-state index in [0.29, 0.717) is 6.42 Å². The molecule has 1 aliphatic heterocycles. The number of esters is 1. The molecule has 0 bridgehead atoms. The summed E-state index contributed by atoms with van der Waals surface area (Å²) in [6, 6.07) is 15.6. The van der Waals surface area contributed by atoms with Crippen molar-refractivity contribution in [3.8, 4) is 0 Å². The molecule has 3 rings (SSSR count). The Labute approximate surface area is 229 Å². The van der Waals surface area contributed by atoms with Crippen molar-refractivity contribution in [3.05, 3.63) is 60.2 Å². The van der Waals surface area contributed by atoms with Gasteiger partial charge in [0.1, 0.15) is 11.0 Å². The summed E-state index contributed by atoms with van der Waals surface area (Å²) in [5.74, 6) is -1.28. The highest BCUT2D eigenvalue weighted by Crippen LogP contribution is 2.45. The summed E-state index contributed by atoms with van der Waals surface area (Å²) in [5.41, 5.74) is 0.947. The minimum atomic E-state index is -3.94. The number of hydrogen-bond acceptors (Lipinski definition) is 8. The molecule has 6 atom stereocenters. The Morgan fingerprint density at radius 1 is 1.11 bits per heavy atom. The molecule has 1 unspecified atom stereocenters. The summed E-state index contributed by atoms with van der Waals surface area (Å²) in [7, 11) is -3.94. The fourth-order valence-electron chi connectivity index (χ4n) is 4.53. The van der Waals surface area contributed by atoms with Crippen molar-refractivity contribution in [1.29, 1.82) is 0 Å². The van der Waals surface area contributed by atoms with Gasteiger partial charge in [0.05, 0.1) is 23.6 Å². The lowest BCUT2D eigenvalue weighted by atomic mass is 9.82.